The first kappa shape index (κ1) is 12.7. The van der Waals surface area contributed by atoms with Crippen molar-refractivity contribution in [3.63, 3.8) is 0 Å². The van der Waals surface area contributed by atoms with Gasteiger partial charge in [-0.05, 0) is 48.6 Å². The third kappa shape index (κ3) is 1.97. The summed E-state index contributed by atoms with van der Waals surface area (Å²) in [4.78, 5) is 0. The minimum atomic E-state index is 0.224. The number of nitrogens with one attached hydrogen (secondary N) is 1. The molecule has 0 bridgehead atoms. The molecule has 1 aromatic carbocycles. The third-order valence-corrected chi connectivity index (χ3v) is 4.22. The highest BCUT2D eigenvalue weighted by Crippen LogP contribution is 2.31. The van der Waals surface area contributed by atoms with Gasteiger partial charge >= 0.3 is 0 Å². The molecule has 1 aliphatic heterocycles. The van der Waals surface area contributed by atoms with Gasteiger partial charge in [0.1, 0.15) is 0 Å². The molecule has 19 heavy (non-hydrogen) atoms. The van der Waals surface area contributed by atoms with Crippen LogP contribution in [0.2, 0.25) is 0 Å². The van der Waals surface area contributed by atoms with Gasteiger partial charge in [-0.15, -0.1) is 0 Å². The average Bonchev–Trinajstić information content (AvgIpc) is 2.95. The second-order valence-corrected chi connectivity index (χ2v) is 5.43. The zero-order valence-electron chi connectivity index (χ0n) is 11.8. The lowest BCUT2D eigenvalue weighted by Gasteiger charge is -2.07. The van der Waals surface area contributed by atoms with Crippen molar-refractivity contribution in [2.75, 3.05) is 6.61 Å². The van der Waals surface area contributed by atoms with Crippen LogP contribution in [-0.4, -0.2) is 16.3 Å². The van der Waals surface area contributed by atoms with Gasteiger partial charge < -0.3 is 15.0 Å². The van der Waals surface area contributed by atoms with E-state index in [9.17, 15) is 5.11 Å². The van der Waals surface area contributed by atoms with E-state index in [4.69, 9.17) is 0 Å². The van der Waals surface area contributed by atoms with Gasteiger partial charge in [-0.1, -0.05) is 6.92 Å². The van der Waals surface area contributed by atoms with Crippen molar-refractivity contribution in [2.24, 2.45) is 0 Å². The topological polar surface area (TPSA) is 37.2 Å². The molecule has 0 saturated carbocycles. The Labute approximate surface area is 114 Å². The van der Waals surface area contributed by atoms with E-state index in [1.807, 2.05) is 0 Å². The summed E-state index contributed by atoms with van der Waals surface area (Å²) in [6.07, 6.45) is 1.89. The zero-order chi connectivity index (χ0) is 13.4. The molecule has 0 saturated heterocycles. The summed E-state index contributed by atoms with van der Waals surface area (Å²) in [6, 6.07) is 4.67. The molecule has 102 valence electrons. The maximum atomic E-state index is 9.31. The molecule has 2 heterocycles. The summed E-state index contributed by atoms with van der Waals surface area (Å²) in [5.41, 5.74) is 6.83. The molecule has 0 unspecified atom stereocenters. The predicted molar refractivity (Wildman–Crippen MR) is 78.3 cm³/mol. The van der Waals surface area contributed by atoms with Gasteiger partial charge in [-0.25, -0.2) is 0 Å². The van der Waals surface area contributed by atoms with Crippen molar-refractivity contribution in [3.8, 4) is 0 Å². The lowest BCUT2D eigenvalue weighted by atomic mass is 10.0. The summed E-state index contributed by atoms with van der Waals surface area (Å²) < 4.78 is 2.42. The number of benzene rings is 1. The van der Waals surface area contributed by atoms with Crippen LogP contribution >= 0.6 is 0 Å². The van der Waals surface area contributed by atoms with Gasteiger partial charge in [-0.2, -0.15) is 0 Å². The van der Waals surface area contributed by atoms with Crippen molar-refractivity contribution in [1.82, 2.24) is 9.88 Å². The lowest BCUT2D eigenvalue weighted by molar-refractivity contribution is 0.299. The van der Waals surface area contributed by atoms with E-state index in [2.05, 4.69) is 35.9 Å². The number of nitrogens with zero attached hydrogens (tertiary/aromatic N) is 1. The number of aromatic nitrogens is 1. The number of aliphatic hydroxyl groups is 1. The van der Waals surface area contributed by atoms with E-state index in [-0.39, 0.29) is 6.61 Å². The summed E-state index contributed by atoms with van der Waals surface area (Å²) in [5.74, 6) is 0. The number of rotatable bonds is 4. The van der Waals surface area contributed by atoms with Gasteiger partial charge in [0.25, 0.3) is 0 Å². The van der Waals surface area contributed by atoms with E-state index in [1.54, 1.807) is 0 Å². The van der Waals surface area contributed by atoms with Crippen LogP contribution in [0.15, 0.2) is 12.1 Å². The maximum absolute atomic E-state index is 9.31. The van der Waals surface area contributed by atoms with Crippen LogP contribution < -0.4 is 5.32 Å². The van der Waals surface area contributed by atoms with Gasteiger partial charge in [0.2, 0.25) is 0 Å². The maximum Gasteiger partial charge on any atom is 0.0488 e. The van der Waals surface area contributed by atoms with Crippen LogP contribution in [0.1, 0.15) is 35.7 Å². The Morgan fingerprint density at radius 3 is 2.68 bits per heavy atom. The lowest BCUT2D eigenvalue weighted by Crippen LogP contribution is -2.01. The Hall–Kier alpha value is -1.32. The molecule has 2 aromatic rings. The highest BCUT2D eigenvalue weighted by Gasteiger charge is 2.18. The number of aliphatic hydroxyl groups excluding tert-OH is 1. The number of fused-ring (bicyclic) bond motifs is 2. The molecule has 1 aromatic heterocycles. The van der Waals surface area contributed by atoms with Crippen LogP contribution in [0.5, 0.6) is 0 Å². The molecule has 0 fully saturated rings. The Morgan fingerprint density at radius 2 is 2.00 bits per heavy atom. The second kappa shape index (κ2) is 4.99. The van der Waals surface area contributed by atoms with Gasteiger partial charge in [0.15, 0.2) is 0 Å². The summed E-state index contributed by atoms with van der Waals surface area (Å²) in [7, 11) is 0. The quantitative estimate of drug-likeness (QED) is 0.884. The van der Waals surface area contributed by atoms with Crippen molar-refractivity contribution >= 4 is 10.9 Å². The SMILES string of the molecule is CCCn1c(C)c(CCO)c2cc3c(cc21)CNC3. The Morgan fingerprint density at radius 1 is 1.26 bits per heavy atom. The van der Waals surface area contributed by atoms with Crippen molar-refractivity contribution in [1.29, 1.82) is 0 Å². The van der Waals surface area contributed by atoms with Crippen molar-refractivity contribution in [3.05, 3.63) is 34.5 Å². The summed E-state index contributed by atoms with van der Waals surface area (Å²) >= 11 is 0. The van der Waals surface area contributed by atoms with Gasteiger partial charge in [0.05, 0.1) is 0 Å². The fourth-order valence-corrected chi connectivity index (χ4v) is 3.28. The first-order valence-electron chi connectivity index (χ1n) is 7.21. The molecule has 1 aliphatic rings. The van der Waals surface area contributed by atoms with Gasteiger partial charge in [0, 0.05) is 42.8 Å². The largest absolute Gasteiger partial charge is 0.396 e. The Kier molecular flexibility index (Phi) is 3.33. The van der Waals surface area contributed by atoms with Gasteiger partial charge in [-0.3, -0.25) is 0 Å². The molecule has 0 spiro atoms. The molecule has 0 radical (unpaired) electrons. The normalized spacial score (nSPS) is 14.3. The molecule has 2 N–H and O–H groups in total. The van der Waals surface area contributed by atoms with Crippen LogP contribution in [0.4, 0.5) is 0 Å². The highest BCUT2D eigenvalue weighted by atomic mass is 16.2. The second-order valence-electron chi connectivity index (χ2n) is 5.43. The smallest absolute Gasteiger partial charge is 0.0488 e. The van der Waals surface area contributed by atoms with Crippen molar-refractivity contribution < 1.29 is 5.11 Å². The Balaban J connectivity index is 2.25. The molecule has 0 aliphatic carbocycles. The average molecular weight is 258 g/mol. The van der Waals surface area contributed by atoms with E-state index in [0.29, 0.717) is 0 Å². The van der Waals surface area contributed by atoms with E-state index >= 15 is 0 Å². The van der Waals surface area contributed by atoms with Crippen LogP contribution in [0, 0.1) is 6.92 Å². The van der Waals surface area contributed by atoms with Crippen LogP contribution in [0.3, 0.4) is 0 Å². The minimum Gasteiger partial charge on any atom is -0.396 e. The highest BCUT2D eigenvalue weighted by molar-refractivity contribution is 5.87. The summed E-state index contributed by atoms with van der Waals surface area (Å²) in [5, 5.41) is 14.1. The van der Waals surface area contributed by atoms with Crippen LogP contribution in [0.25, 0.3) is 10.9 Å². The molecular formula is C16H22N2O. The molecule has 3 heteroatoms. The van der Waals surface area contributed by atoms with Crippen LogP contribution in [-0.2, 0) is 26.1 Å². The zero-order valence-corrected chi connectivity index (χ0v) is 11.8. The fraction of sp³-hybridized carbons (Fsp3) is 0.500. The number of hydrogen-bond donors (Lipinski definition) is 2. The summed E-state index contributed by atoms with van der Waals surface area (Å²) in [6.45, 7) is 7.64. The standard InChI is InChI=1S/C16H22N2O/c1-3-5-18-11(2)14(4-6-19)15-7-12-9-17-10-13(12)8-16(15)18/h7-8,17,19H,3-6,9-10H2,1-2H3. The van der Waals surface area contributed by atoms with E-state index < -0.39 is 0 Å². The first-order valence-corrected chi connectivity index (χ1v) is 7.21. The van der Waals surface area contributed by atoms with E-state index in [0.717, 1.165) is 32.5 Å². The van der Waals surface area contributed by atoms with Crippen molar-refractivity contribution in [2.45, 2.75) is 46.3 Å². The molecular weight excluding hydrogens is 236 g/mol. The third-order valence-electron chi connectivity index (χ3n) is 4.22. The predicted octanol–water partition coefficient (Wildman–Crippen LogP) is 2.50. The molecule has 0 amide bonds. The molecule has 3 rings (SSSR count). The number of aryl methyl sites for hydroxylation is 1. The minimum absolute atomic E-state index is 0.224. The first-order chi connectivity index (χ1) is 9.26. The monoisotopic (exact) mass is 258 g/mol. The molecule has 0 atom stereocenters. The van der Waals surface area contributed by atoms with E-state index in [1.165, 1.54) is 33.3 Å². The fourth-order valence-electron chi connectivity index (χ4n) is 3.28. The number of hydrogen-bond acceptors (Lipinski definition) is 2. The Bertz CT molecular complexity index is 562. The molecule has 3 nitrogen and oxygen atoms in total.